The second kappa shape index (κ2) is 5.41. The second-order valence-electron chi connectivity index (χ2n) is 5.30. The van der Waals surface area contributed by atoms with E-state index in [-0.39, 0.29) is 15.9 Å². The number of aliphatic carboxylic acids is 1. The molecule has 2 atom stereocenters. The van der Waals surface area contributed by atoms with Gasteiger partial charge in [0.2, 0.25) is 10.0 Å². The van der Waals surface area contributed by atoms with Gasteiger partial charge in [-0.25, -0.2) is 13.0 Å². The lowest BCUT2D eigenvalue weighted by molar-refractivity contribution is -0.187. The molecule has 2 aromatic rings. The van der Waals surface area contributed by atoms with Crippen molar-refractivity contribution in [2.75, 3.05) is 13.1 Å². The van der Waals surface area contributed by atoms with Gasteiger partial charge in [-0.2, -0.15) is 17.5 Å². The summed E-state index contributed by atoms with van der Waals surface area (Å²) < 4.78 is 69.3. The Bertz CT molecular complexity index is 895. The fourth-order valence-corrected chi connectivity index (χ4v) is 4.30. The van der Waals surface area contributed by atoms with Crippen LogP contribution in [0.2, 0.25) is 0 Å². The zero-order valence-corrected chi connectivity index (χ0v) is 12.6. The van der Waals surface area contributed by atoms with Crippen molar-refractivity contribution in [3.8, 4) is 0 Å². The molecule has 24 heavy (non-hydrogen) atoms. The molecule has 12 heteroatoms. The molecule has 3 rings (SSSR count). The van der Waals surface area contributed by atoms with Crippen molar-refractivity contribution in [3.63, 3.8) is 0 Å². The lowest BCUT2D eigenvalue weighted by atomic mass is 9.96. The Labute approximate surface area is 132 Å². The van der Waals surface area contributed by atoms with Gasteiger partial charge >= 0.3 is 12.1 Å². The van der Waals surface area contributed by atoms with Crippen LogP contribution in [0.4, 0.5) is 13.2 Å². The second-order valence-corrected chi connectivity index (χ2v) is 7.21. The molecule has 130 valence electrons. The lowest BCUT2D eigenvalue weighted by Crippen LogP contribution is -2.34. The van der Waals surface area contributed by atoms with Gasteiger partial charge in [-0.3, -0.25) is 4.79 Å². The number of halogens is 3. The molecule has 0 aliphatic carbocycles. The van der Waals surface area contributed by atoms with Gasteiger partial charge < -0.3 is 5.11 Å². The number of carbonyl (C=O) groups is 1. The number of fused-ring (bicyclic) bond motifs is 1. The summed E-state index contributed by atoms with van der Waals surface area (Å²) in [6, 6.07) is 3.91. The summed E-state index contributed by atoms with van der Waals surface area (Å²) >= 11 is 0. The quantitative estimate of drug-likeness (QED) is 0.866. The smallest absolute Gasteiger partial charge is 0.393 e. The fraction of sp³-hybridized carbons (Fsp3) is 0.417. The number of alkyl halides is 3. The molecule has 1 saturated heterocycles. The van der Waals surface area contributed by atoms with Crippen LogP contribution in [0.1, 0.15) is 0 Å². The summed E-state index contributed by atoms with van der Waals surface area (Å²) in [6.07, 6.45) is -4.82. The Morgan fingerprint density at radius 3 is 2.58 bits per heavy atom. The lowest BCUT2D eigenvalue weighted by Gasteiger charge is -2.18. The van der Waals surface area contributed by atoms with Crippen LogP contribution in [-0.2, 0) is 14.8 Å². The molecule has 0 unspecified atom stereocenters. The van der Waals surface area contributed by atoms with E-state index in [9.17, 15) is 26.4 Å². The van der Waals surface area contributed by atoms with E-state index in [0.717, 1.165) is 6.07 Å². The van der Waals surface area contributed by atoms with Crippen LogP contribution < -0.4 is 0 Å². The summed E-state index contributed by atoms with van der Waals surface area (Å²) in [5, 5.41) is 15.9. The first kappa shape index (κ1) is 16.6. The number of hydrogen-bond donors (Lipinski definition) is 1. The van der Waals surface area contributed by atoms with E-state index in [1.54, 1.807) is 0 Å². The molecule has 1 fully saturated rings. The summed E-state index contributed by atoms with van der Waals surface area (Å²) in [5.41, 5.74) is -0.00254. The van der Waals surface area contributed by atoms with Crippen molar-refractivity contribution in [2.45, 2.75) is 11.1 Å². The predicted molar refractivity (Wildman–Crippen MR) is 71.2 cm³/mol. The van der Waals surface area contributed by atoms with Crippen LogP contribution in [0.15, 0.2) is 27.7 Å². The zero-order valence-electron chi connectivity index (χ0n) is 11.8. The molecule has 1 aromatic carbocycles. The van der Waals surface area contributed by atoms with E-state index in [1.165, 1.54) is 12.1 Å². The highest BCUT2D eigenvalue weighted by Crippen LogP contribution is 2.40. The minimum absolute atomic E-state index is 0.123. The predicted octanol–water partition coefficient (Wildman–Crippen LogP) is 1.11. The number of hydrogen-bond acceptors (Lipinski definition) is 6. The number of aromatic nitrogens is 2. The van der Waals surface area contributed by atoms with Gasteiger partial charge in [-0.15, -0.1) is 0 Å². The summed E-state index contributed by atoms with van der Waals surface area (Å²) in [4.78, 5) is 10.7. The van der Waals surface area contributed by atoms with E-state index in [1.807, 2.05) is 0 Å². The van der Waals surface area contributed by atoms with Crippen molar-refractivity contribution in [1.82, 2.24) is 14.6 Å². The Hall–Kier alpha value is -2.21. The molecule has 1 aliphatic heterocycles. The van der Waals surface area contributed by atoms with Gasteiger partial charge in [0.25, 0.3) is 0 Å². The van der Waals surface area contributed by atoms with E-state index in [4.69, 9.17) is 5.11 Å². The standard InChI is InChI=1S/C12H10F3N3O5S/c13-12(14,15)7-5-18(4-6(7)11(19)20)24(21,22)9-3-1-2-8-10(9)17-23-16-8/h1-3,6-7H,4-5H2,(H,19,20)/t6-,7-/m1/s1. The summed E-state index contributed by atoms with van der Waals surface area (Å²) in [7, 11) is -4.39. The van der Waals surface area contributed by atoms with Gasteiger partial charge in [0.15, 0.2) is 5.52 Å². The van der Waals surface area contributed by atoms with Crippen LogP contribution in [-0.4, -0.2) is 53.4 Å². The van der Waals surface area contributed by atoms with Gasteiger partial charge in [-0.1, -0.05) is 6.07 Å². The summed E-state index contributed by atoms with van der Waals surface area (Å²) in [5.74, 6) is -5.84. The minimum Gasteiger partial charge on any atom is -0.481 e. The van der Waals surface area contributed by atoms with Crippen LogP contribution in [0.5, 0.6) is 0 Å². The Morgan fingerprint density at radius 1 is 1.29 bits per heavy atom. The monoisotopic (exact) mass is 365 g/mol. The minimum atomic E-state index is -4.82. The average Bonchev–Trinajstić information content (AvgIpc) is 3.13. The van der Waals surface area contributed by atoms with E-state index >= 15 is 0 Å². The van der Waals surface area contributed by atoms with E-state index in [0.29, 0.717) is 4.31 Å². The largest absolute Gasteiger partial charge is 0.481 e. The maximum atomic E-state index is 13.0. The molecule has 1 aliphatic rings. The topological polar surface area (TPSA) is 114 Å². The first-order valence-electron chi connectivity index (χ1n) is 6.63. The van der Waals surface area contributed by atoms with Crippen molar-refractivity contribution >= 4 is 27.0 Å². The van der Waals surface area contributed by atoms with Gasteiger partial charge in [0.1, 0.15) is 10.4 Å². The van der Waals surface area contributed by atoms with Gasteiger partial charge in [0, 0.05) is 13.1 Å². The molecule has 8 nitrogen and oxygen atoms in total. The summed E-state index contributed by atoms with van der Waals surface area (Å²) in [6.45, 7) is -1.74. The molecule has 0 bridgehead atoms. The highest BCUT2D eigenvalue weighted by molar-refractivity contribution is 7.89. The maximum absolute atomic E-state index is 13.0. The molecular formula is C12H10F3N3O5S. The number of nitrogens with zero attached hydrogens (tertiary/aromatic N) is 3. The Morgan fingerprint density at radius 2 is 2.00 bits per heavy atom. The normalized spacial score (nSPS) is 23.0. The molecule has 1 aromatic heterocycles. The van der Waals surface area contributed by atoms with Gasteiger partial charge in [0.05, 0.1) is 11.8 Å². The van der Waals surface area contributed by atoms with Gasteiger partial charge in [-0.05, 0) is 22.4 Å². The highest BCUT2D eigenvalue weighted by Gasteiger charge is 2.55. The zero-order chi connectivity index (χ0) is 17.7. The van der Waals surface area contributed by atoms with Crippen LogP contribution >= 0.6 is 0 Å². The third-order valence-electron chi connectivity index (χ3n) is 3.89. The molecule has 0 radical (unpaired) electrons. The number of carboxylic acid groups (broad SMARTS) is 1. The van der Waals surface area contributed by atoms with E-state index in [2.05, 4.69) is 14.9 Å². The fourth-order valence-electron chi connectivity index (χ4n) is 2.67. The van der Waals surface area contributed by atoms with Crippen molar-refractivity contribution in [2.24, 2.45) is 11.8 Å². The van der Waals surface area contributed by atoms with Crippen LogP contribution in [0, 0.1) is 11.8 Å². The molecule has 0 spiro atoms. The number of rotatable bonds is 3. The first-order chi connectivity index (χ1) is 11.1. The van der Waals surface area contributed by atoms with Crippen LogP contribution in [0.25, 0.3) is 11.0 Å². The first-order valence-corrected chi connectivity index (χ1v) is 8.07. The molecule has 2 heterocycles. The average molecular weight is 365 g/mol. The Kier molecular flexibility index (Phi) is 3.75. The number of sulfonamides is 1. The number of carboxylic acids is 1. The number of benzene rings is 1. The molecule has 1 N–H and O–H groups in total. The van der Waals surface area contributed by atoms with Crippen LogP contribution in [0.3, 0.4) is 0 Å². The molecule has 0 saturated carbocycles. The van der Waals surface area contributed by atoms with E-state index < -0.39 is 47.1 Å². The third-order valence-corrected chi connectivity index (χ3v) is 5.75. The van der Waals surface area contributed by atoms with Crippen molar-refractivity contribution in [1.29, 1.82) is 0 Å². The molecule has 0 amide bonds. The molecular weight excluding hydrogens is 355 g/mol. The third kappa shape index (κ3) is 2.60. The van der Waals surface area contributed by atoms with Crippen molar-refractivity contribution < 1.29 is 36.1 Å². The Balaban J connectivity index is 2.02. The maximum Gasteiger partial charge on any atom is 0.393 e. The SMILES string of the molecule is O=C(O)[C@@H]1CN(S(=O)(=O)c2cccc3nonc23)C[C@H]1C(F)(F)F. The van der Waals surface area contributed by atoms with Crippen molar-refractivity contribution in [3.05, 3.63) is 18.2 Å². The highest BCUT2D eigenvalue weighted by atomic mass is 32.2.